The van der Waals surface area contributed by atoms with Crippen LogP contribution in [0, 0.1) is 0 Å². The Morgan fingerprint density at radius 1 is 0.577 bits per heavy atom. The fourth-order valence-corrected chi connectivity index (χ4v) is 4.06. The van der Waals surface area contributed by atoms with Gasteiger partial charge in [0.2, 0.25) is 0 Å². The minimum Gasteiger partial charge on any atom is -0.457 e. The minimum absolute atomic E-state index is 0.824. The van der Waals surface area contributed by atoms with Crippen molar-refractivity contribution in [3.05, 3.63) is 91.0 Å². The molecule has 0 unspecified atom stereocenters. The van der Waals surface area contributed by atoms with Gasteiger partial charge in [-0.15, -0.1) is 12.6 Å². The van der Waals surface area contributed by atoms with E-state index in [0.29, 0.717) is 0 Å². The van der Waals surface area contributed by atoms with Crippen LogP contribution in [0.2, 0.25) is 0 Å². The highest BCUT2D eigenvalue weighted by atomic mass is 32.1. The third-order valence-corrected chi connectivity index (χ3v) is 5.23. The fourth-order valence-electron chi connectivity index (χ4n) is 3.58. The van der Waals surface area contributed by atoms with Gasteiger partial charge in [-0.3, -0.25) is 0 Å². The zero-order valence-corrected chi connectivity index (χ0v) is 14.9. The van der Waals surface area contributed by atoms with Gasteiger partial charge in [-0.2, -0.15) is 0 Å². The summed E-state index contributed by atoms with van der Waals surface area (Å²) in [7, 11) is 0. The van der Waals surface area contributed by atoms with Crippen molar-refractivity contribution in [2.75, 3.05) is 0 Å². The maximum atomic E-state index is 6.28. The number of ether oxygens (including phenoxy) is 1. The van der Waals surface area contributed by atoms with E-state index in [2.05, 4.69) is 42.5 Å². The average molecular weight is 352 g/mol. The molecule has 0 aliphatic heterocycles. The first-order valence-electron chi connectivity index (χ1n) is 8.61. The summed E-state index contributed by atoms with van der Waals surface area (Å²) >= 11 is 4.92. The van der Waals surface area contributed by atoms with Gasteiger partial charge >= 0.3 is 0 Å². The Kier molecular flexibility index (Phi) is 3.58. The van der Waals surface area contributed by atoms with Gasteiger partial charge < -0.3 is 4.74 Å². The summed E-state index contributed by atoms with van der Waals surface area (Å²) in [6, 6.07) is 30.8. The molecule has 0 fully saturated rings. The number of benzene rings is 4. The topological polar surface area (TPSA) is 9.23 Å². The van der Waals surface area contributed by atoms with E-state index in [4.69, 9.17) is 17.4 Å². The lowest BCUT2D eigenvalue weighted by atomic mass is 9.78. The molecule has 0 radical (unpaired) electrons. The molecule has 5 rings (SSSR count). The number of hydrogen-bond donors (Lipinski definition) is 1. The summed E-state index contributed by atoms with van der Waals surface area (Å²) in [5, 5.41) is 0. The Morgan fingerprint density at radius 2 is 1.19 bits per heavy atom. The number of thiol groups is 1. The van der Waals surface area contributed by atoms with E-state index in [1.165, 1.54) is 22.3 Å². The largest absolute Gasteiger partial charge is 0.457 e. The number of rotatable bonds is 3. The Bertz CT molecular complexity index is 1100. The van der Waals surface area contributed by atoms with Crippen LogP contribution in [-0.4, -0.2) is 0 Å². The summed E-state index contributed by atoms with van der Waals surface area (Å²) in [6.45, 7) is 0. The summed E-state index contributed by atoms with van der Waals surface area (Å²) in [6.07, 6.45) is 0. The molecule has 2 heteroatoms. The highest BCUT2D eigenvalue weighted by Gasteiger charge is 2.28. The monoisotopic (exact) mass is 352 g/mol. The number of para-hydroxylation sites is 1. The Morgan fingerprint density at radius 3 is 1.92 bits per heavy atom. The molecule has 0 saturated heterocycles. The van der Waals surface area contributed by atoms with Crippen molar-refractivity contribution in [2.24, 2.45) is 0 Å². The lowest BCUT2D eigenvalue weighted by molar-refractivity contribution is 0.483. The van der Waals surface area contributed by atoms with E-state index < -0.39 is 0 Å². The fraction of sp³-hybridized carbons (Fsp3) is 0. The van der Waals surface area contributed by atoms with Gasteiger partial charge in [0.25, 0.3) is 0 Å². The van der Waals surface area contributed by atoms with Gasteiger partial charge in [0.1, 0.15) is 11.5 Å². The SMILES string of the molecule is Sc1c(-c2ccccc2)c(Oc2ccccc2)cc2c1-c1ccccc1-2. The smallest absolute Gasteiger partial charge is 0.137 e. The molecule has 124 valence electrons. The van der Waals surface area contributed by atoms with E-state index in [1.807, 2.05) is 48.5 Å². The Hall–Kier alpha value is -2.97. The second kappa shape index (κ2) is 6.08. The van der Waals surface area contributed by atoms with E-state index >= 15 is 0 Å². The van der Waals surface area contributed by atoms with E-state index in [0.717, 1.165) is 27.5 Å². The first kappa shape index (κ1) is 15.3. The molecule has 1 aliphatic carbocycles. The summed E-state index contributed by atoms with van der Waals surface area (Å²) in [5.74, 6) is 1.66. The van der Waals surface area contributed by atoms with Crippen LogP contribution in [-0.2, 0) is 0 Å². The molecule has 0 amide bonds. The molecular formula is C24H16OS. The number of fused-ring (bicyclic) bond motifs is 4. The van der Waals surface area contributed by atoms with Crippen LogP contribution in [0.3, 0.4) is 0 Å². The predicted molar refractivity (Wildman–Crippen MR) is 110 cm³/mol. The van der Waals surface area contributed by atoms with Crippen LogP contribution < -0.4 is 4.74 Å². The minimum atomic E-state index is 0.824. The Labute approximate surface area is 158 Å². The van der Waals surface area contributed by atoms with Crippen molar-refractivity contribution in [3.63, 3.8) is 0 Å². The van der Waals surface area contributed by atoms with Crippen molar-refractivity contribution in [1.29, 1.82) is 0 Å². The highest BCUT2D eigenvalue weighted by molar-refractivity contribution is 7.80. The molecule has 0 aromatic heterocycles. The van der Waals surface area contributed by atoms with Gasteiger partial charge in [0, 0.05) is 16.0 Å². The van der Waals surface area contributed by atoms with Gasteiger partial charge in [0.05, 0.1) is 0 Å². The molecule has 0 saturated carbocycles. The Balaban J connectivity index is 1.73. The summed E-state index contributed by atoms with van der Waals surface area (Å²) in [5.41, 5.74) is 7.08. The van der Waals surface area contributed by atoms with Crippen LogP contribution in [0.4, 0.5) is 0 Å². The third kappa shape index (κ3) is 2.34. The standard InChI is InChI=1S/C24H16OS/c26-24-22(16-9-3-1-4-10-16)21(25-17-11-5-2-6-12-17)15-20-18-13-7-8-14-19(18)23(20)24/h1-15,26H. The van der Waals surface area contributed by atoms with Crippen molar-refractivity contribution < 1.29 is 4.74 Å². The van der Waals surface area contributed by atoms with Gasteiger partial charge in [-0.25, -0.2) is 0 Å². The lowest BCUT2D eigenvalue weighted by Crippen LogP contribution is -2.03. The second-order valence-electron chi connectivity index (χ2n) is 6.35. The molecular weight excluding hydrogens is 336 g/mol. The van der Waals surface area contributed by atoms with Crippen molar-refractivity contribution in [1.82, 2.24) is 0 Å². The van der Waals surface area contributed by atoms with E-state index in [1.54, 1.807) is 0 Å². The van der Waals surface area contributed by atoms with Gasteiger partial charge in [-0.1, -0.05) is 72.8 Å². The zero-order valence-electron chi connectivity index (χ0n) is 14.0. The quantitative estimate of drug-likeness (QED) is 0.341. The maximum absolute atomic E-state index is 6.28. The molecule has 26 heavy (non-hydrogen) atoms. The molecule has 4 aromatic carbocycles. The van der Waals surface area contributed by atoms with Crippen LogP contribution in [0.1, 0.15) is 0 Å². The summed E-state index contributed by atoms with van der Waals surface area (Å²) in [4.78, 5) is 0.971. The first-order valence-corrected chi connectivity index (χ1v) is 9.06. The van der Waals surface area contributed by atoms with Crippen LogP contribution >= 0.6 is 12.6 Å². The normalized spacial score (nSPS) is 11.3. The molecule has 4 aromatic rings. The second-order valence-corrected chi connectivity index (χ2v) is 6.79. The molecule has 0 bridgehead atoms. The van der Waals surface area contributed by atoms with Crippen molar-refractivity contribution >= 4 is 12.6 Å². The highest BCUT2D eigenvalue weighted by Crippen LogP contribution is 2.55. The molecule has 0 heterocycles. The van der Waals surface area contributed by atoms with E-state index in [9.17, 15) is 0 Å². The molecule has 0 spiro atoms. The first-order chi connectivity index (χ1) is 12.8. The maximum Gasteiger partial charge on any atom is 0.137 e. The van der Waals surface area contributed by atoms with Crippen LogP contribution in [0.15, 0.2) is 95.9 Å². The zero-order chi connectivity index (χ0) is 17.5. The third-order valence-electron chi connectivity index (χ3n) is 4.78. The molecule has 1 aliphatic rings. The predicted octanol–water partition coefficient (Wildman–Crippen LogP) is 7.08. The van der Waals surface area contributed by atoms with Crippen molar-refractivity contribution in [3.8, 4) is 44.9 Å². The number of hydrogen-bond acceptors (Lipinski definition) is 2. The molecule has 0 N–H and O–H groups in total. The van der Waals surface area contributed by atoms with Crippen LogP contribution in [0.5, 0.6) is 11.5 Å². The average Bonchev–Trinajstić information content (AvgIpc) is 2.68. The van der Waals surface area contributed by atoms with Crippen LogP contribution in [0.25, 0.3) is 33.4 Å². The summed E-state index contributed by atoms with van der Waals surface area (Å²) < 4.78 is 6.28. The van der Waals surface area contributed by atoms with Gasteiger partial charge in [0.15, 0.2) is 0 Å². The van der Waals surface area contributed by atoms with Crippen molar-refractivity contribution in [2.45, 2.75) is 4.90 Å². The molecule has 1 nitrogen and oxygen atoms in total. The lowest BCUT2D eigenvalue weighted by Gasteiger charge is -2.28. The molecule has 0 atom stereocenters. The van der Waals surface area contributed by atoms with E-state index in [-0.39, 0.29) is 0 Å². The van der Waals surface area contributed by atoms with Gasteiger partial charge in [-0.05, 0) is 40.5 Å².